The Morgan fingerprint density at radius 2 is 2.21 bits per heavy atom. The molecule has 3 rings (SSSR count). The topological polar surface area (TPSA) is 94.6 Å². The van der Waals surface area contributed by atoms with Crippen LogP contribution in [0.4, 0.5) is 0 Å². The molecule has 0 saturated heterocycles. The SMILES string of the molecule is CC(=O)NC1(C)CC(CN2CCc3cc(C(=O)NO)cnc3C2)C1. The minimum absolute atomic E-state index is 0.0368. The Kier molecular flexibility index (Phi) is 4.56. The lowest BCUT2D eigenvalue weighted by Crippen LogP contribution is -2.56. The number of hydroxylamine groups is 1. The van der Waals surface area contributed by atoms with Gasteiger partial charge < -0.3 is 5.32 Å². The predicted molar refractivity (Wildman–Crippen MR) is 87.4 cm³/mol. The van der Waals surface area contributed by atoms with Gasteiger partial charge in [-0.3, -0.25) is 24.7 Å². The number of amides is 2. The van der Waals surface area contributed by atoms with E-state index in [1.165, 1.54) is 6.20 Å². The summed E-state index contributed by atoms with van der Waals surface area (Å²) < 4.78 is 0. The third-order valence-corrected chi connectivity index (χ3v) is 4.97. The fraction of sp³-hybridized carbons (Fsp3) is 0.588. The maximum Gasteiger partial charge on any atom is 0.276 e. The van der Waals surface area contributed by atoms with E-state index in [-0.39, 0.29) is 11.4 Å². The summed E-state index contributed by atoms with van der Waals surface area (Å²) in [5, 5.41) is 11.7. The van der Waals surface area contributed by atoms with E-state index < -0.39 is 5.91 Å². The molecule has 1 fully saturated rings. The molecule has 0 atom stereocenters. The second-order valence-corrected chi connectivity index (χ2v) is 7.27. The van der Waals surface area contributed by atoms with Crippen molar-refractivity contribution in [1.82, 2.24) is 20.7 Å². The van der Waals surface area contributed by atoms with Gasteiger partial charge in [-0.15, -0.1) is 0 Å². The van der Waals surface area contributed by atoms with Crippen molar-refractivity contribution in [2.45, 2.75) is 45.2 Å². The maximum absolute atomic E-state index is 11.5. The van der Waals surface area contributed by atoms with Crippen molar-refractivity contribution >= 4 is 11.8 Å². The largest absolute Gasteiger partial charge is 0.351 e. The first-order valence-corrected chi connectivity index (χ1v) is 8.32. The average molecular weight is 332 g/mol. The zero-order valence-electron chi connectivity index (χ0n) is 14.1. The Hall–Kier alpha value is -1.99. The van der Waals surface area contributed by atoms with E-state index in [0.29, 0.717) is 11.5 Å². The van der Waals surface area contributed by atoms with Crippen LogP contribution in [0.25, 0.3) is 0 Å². The molecule has 1 aliphatic carbocycles. The fourth-order valence-corrected chi connectivity index (χ4v) is 4.05. The summed E-state index contributed by atoms with van der Waals surface area (Å²) >= 11 is 0. The number of aromatic nitrogens is 1. The van der Waals surface area contributed by atoms with Gasteiger partial charge in [-0.2, -0.15) is 0 Å². The molecule has 0 radical (unpaired) electrons. The van der Waals surface area contributed by atoms with Gasteiger partial charge in [0.15, 0.2) is 0 Å². The quantitative estimate of drug-likeness (QED) is 0.562. The van der Waals surface area contributed by atoms with E-state index in [0.717, 1.165) is 50.2 Å². The number of carbonyl (C=O) groups excluding carboxylic acids is 2. The Labute approximate surface area is 141 Å². The molecule has 2 aliphatic rings. The van der Waals surface area contributed by atoms with E-state index in [1.807, 2.05) is 6.07 Å². The minimum Gasteiger partial charge on any atom is -0.351 e. The molecule has 1 saturated carbocycles. The summed E-state index contributed by atoms with van der Waals surface area (Å²) in [5.74, 6) is 0.108. The number of hydrogen-bond donors (Lipinski definition) is 3. The van der Waals surface area contributed by atoms with Crippen molar-refractivity contribution in [3.05, 3.63) is 29.1 Å². The molecular weight excluding hydrogens is 308 g/mol. The lowest BCUT2D eigenvalue weighted by molar-refractivity contribution is -0.122. The lowest BCUT2D eigenvalue weighted by atomic mass is 9.69. The molecule has 0 aromatic carbocycles. The zero-order chi connectivity index (χ0) is 17.3. The summed E-state index contributed by atoms with van der Waals surface area (Å²) in [4.78, 5) is 29.4. The standard InChI is InChI=1S/C17H24N4O3/c1-11(22)19-17(2)6-12(7-17)9-21-4-3-13-5-14(16(23)20-24)8-18-15(13)10-21/h5,8,12,24H,3-4,6-7,9-10H2,1-2H3,(H,19,22)(H,20,23). The summed E-state index contributed by atoms with van der Waals surface area (Å²) in [6.07, 6.45) is 4.38. The number of pyridine rings is 1. The van der Waals surface area contributed by atoms with Crippen molar-refractivity contribution in [2.24, 2.45) is 5.92 Å². The van der Waals surface area contributed by atoms with Gasteiger partial charge in [0.1, 0.15) is 0 Å². The highest BCUT2D eigenvalue weighted by Gasteiger charge is 2.41. The van der Waals surface area contributed by atoms with Gasteiger partial charge in [-0.1, -0.05) is 0 Å². The van der Waals surface area contributed by atoms with Crippen LogP contribution in [0.3, 0.4) is 0 Å². The third-order valence-electron chi connectivity index (χ3n) is 4.97. The molecule has 7 heteroatoms. The predicted octanol–water partition coefficient (Wildman–Crippen LogP) is 0.864. The highest BCUT2D eigenvalue weighted by Crippen LogP contribution is 2.38. The summed E-state index contributed by atoms with van der Waals surface area (Å²) in [5.41, 5.74) is 4.05. The van der Waals surface area contributed by atoms with Crippen LogP contribution in [0, 0.1) is 5.92 Å². The van der Waals surface area contributed by atoms with E-state index in [4.69, 9.17) is 5.21 Å². The first kappa shape index (κ1) is 16.9. The molecule has 0 unspecified atom stereocenters. The molecule has 0 bridgehead atoms. The molecule has 7 nitrogen and oxygen atoms in total. The molecule has 24 heavy (non-hydrogen) atoms. The van der Waals surface area contributed by atoms with Crippen LogP contribution in [0.1, 0.15) is 48.3 Å². The van der Waals surface area contributed by atoms with Crippen molar-refractivity contribution in [2.75, 3.05) is 13.1 Å². The number of nitrogens with one attached hydrogen (secondary N) is 2. The second kappa shape index (κ2) is 6.49. The van der Waals surface area contributed by atoms with Crippen LogP contribution in [-0.2, 0) is 17.8 Å². The second-order valence-electron chi connectivity index (χ2n) is 7.27. The highest BCUT2D eigenvalue weighted by atomic mass is 16.5. The van der Waals surface area contributed by atoms with Gasteiger partial charge in [0.25, 0.3) is 5.91 Å². The first-order chi connectivity index (χ1) is 11.4. The molecule has 2 heterocycles. The van der Waals surface area contributed by atoms with E-state index in [9.17, 15) is 9.59 Å². The molecule has 130 valence electrons. The third kappa shape index (κ3) is 3.57. The van der Waals surface area contributed by atoms with Gasteiger partial charge in [-0.25, -0.2) is 5.48 Å². The normalized spacial score (nSPS) is 26.2. The van der Waals surface area contributed by atoms with Gasteiger partial charge in [0, 0.05) is 38.3 Å². The van der Waals surface area contributed by atoms with Crippen LogP contribution < -0.4 is 10.8 Å². The number of nitrogens with zero attached hydrogens (tertiary/aromatic N) is 2. The van der Waals surface area contributed by atoms with E-state index in [2.05, 4.69) is 22.1 Å². The monoisotopic (exact) mass is 332 g/mol. The van der Waals surface area contributed by atoms with Crippen LogP contribution in [0.2, 0.25) is 0 Å². The van der Waals surface area contributed by atoms with Crippen LogP contribution in [0.15, 0.2) is 12.3 Å². The van der Waals surface area contributed by atoms with E-state index in [1.54, 1.807) is 12.4 Å². The van der Waals surface area contributed by atoms with Gasteiger partial charge in [-0.05, 0) is 43.7 Å². The Morgan fingerprint density at radius 3 is 2.88 bits per heavy atom. The number of hydrogen-bond acceptors (Lipinski definition) is 5. The van der Waals surface area contributed by atoms with Crippen molar-refractivity contribution in [1.29, 1.82) is 0 Å². The van der Waals surface area contributed by atoms with Crippen LogP contribution in [-0.4, -0.2) is 45.5 Å². The van der Waals surface area contributed by atoms with Gasteiger partial charge >= 0.3 is 0 Å². The molecule has 0 spiro atoms. The van der Waals surface area contributed by atoms with Gasteiger partial charge in [0.05, 0.1) is 11.3 Å². The lowest BCUT2D eigenvalue weighted by Gasteiger charge is -2.47. The van der Waals surface area contributed by atoms with E-state index >= 15 is 0 Å². The Bertz CT molecular complexity index is 655. The number of fused-ring (bicyclic) bond motifs is 1. The smallest absolute Gasteiger partial charge is 0.276 e. The molecule has 1 aliphatic heterocycles. The number of carbonyl (C=O) groups is 2. The van der Waals surface area contributed by atoms with Crippen LogP contribution in [0.5, 0.6) is 0 Å². The number of rotatable bonds is 4. The van der Waals surface area contributed by atoms with Crippen molar-refractivity contribution in [3.8, 4) is 0 Å². The average Bonchev–Trinajstić information content (AvgIpc) is 2.51. The molecular formula is C17H24N4O3. The summed E-state index contributed by atoms with van der Waals surface area (Å²) in [6, 6.07) is 1.81. The molecule has 1 aromatic rings. The van der Waals surface area contributed by atoms with Crippen molar-refractivity contribution < 1.29 is 14.8 Å². The summed E-state index contributed by atoms with van der Waals surface area (Å²) in [6.45, 7) is 6.40. The summed E-state index contributed by atoms with van der Waals surface area (Å²) in [7, 11) is 0. The Balaban J connectivity index is 1.55. The van der Waals surface area contributed by atoms with Gasteiger partial charge in [0.2, 0.25) is 5.91 Å². The zero-order valence-corrected chi connectivity index (χ0v) is 14.1. The maximum atomic E-state index is 11.5. The van der Waals surface area contributed by atoms with Crippen molar-refractivity contribution in [3.63, 3.8) is 0 Å². The van der Waals surface area contributed by atoms with Crippen LogP contribution >= 0.6 is 0 Å². The molecule has 3 N–H and O–H groups in total. The molecule has 1 aromatic heterocycles. The Morgan fingerprint density at radius 1 is 1.46 bits per heavy atom. The fourth-order valence-electron chi connectivity index (χ4n) is 4.05. The first-order valence-electron chi connectivity index (χ1n) is 8.32. The minimum atomic E-state index is -0.528. The molecule has 2 amide bonds. The highest BCUT2D eigenvalue weighted by molar-refractivity contribution is 5.93.